The molecule has 0 saturated heterocycles. The highest BCUT2D eigenvalue weighted by Crippen LogP contribution is 2.39. The maximum atomic E-state index is 11.1. The smallest absolute Gasteiger partial charge is 0.352 e. The van der Waals surface area contributed by atoms with Crippen molar-refractivity contribution in [3.05, 3.63) is 22.4 Å². The van der Waals surface area contributed by atoms with Gasteiger partial charge in [0.25, 0.3) is 0 Å². The minimum Gasteiger partial charge on any atom is -0.477 e. The Morgan fingerprint density at radius 2 is 2.19 bits per heavy atom. The Bertz CT molecular complexity index is 405. The molecule has 1 aromatic heterocycles. The van der Waals surface area contributed by atoms with Crippen LogP contribution in [-0.4, -0.2) is 15.6 Å². The van der Waals surface area contributed by atoms with E-state index < -0.39 is 5.97 Å². The summed E-state index contributed by atoms with van der Waals surface area (Å²) in [7, 11) is 0. The van der Waals surface area contributed by atoms with Gasteiger partial charge in [0.15, 0.2) is 0 Å². The number of nitrogens with zero attached hydrogens (tertiary/aromatic N) is 1. The SMILES string of the molecule is CC1(Cn2cc(Br)cc2C(=O)O)CCCC1. The summed E-state index contributed by atoms with van der Waals surface area (Å²) < 4.78 is 2.70. The first kappa shape index (κ1) is 11.7. The molecule has 4 heteroatoms. The molecule has 1 aromatic rings. The van der Waals surface area contributed by atoms with Gasteiger partial charge < -0.3 is 9.67 Å². The number of carboxylic acids is 1. The first-order chi connectivity index (χ1) is 7.50. The van der Waals surface area contributed by atoms with Gasteiger partial charge in [-0.2, -0.15) is 0 Å². The average molecular weight is 286 g/mol. The third-order valence-electron chi connectivity index (χ3n) is 3.45. The molecular weight excluding hydrogens is 270 g/mol. The van der Waals surface area contributed by atoms with Crippen molar-refractivity contribution in [2.45, 2.75) is 39.2 Å². The molecular formula is C12H16BrNO2. The maximum absolute atomic E-state index is 11.1. The summed E-state index contributed by atoms with van der Waals surface area (Å²) >= 11 is 3.33. The van der Waals surface area contributed by atoms with E-state index in [0.29, 0.717) is 5.69 Å². The third kappa shape index (κ3) is 2.32. The van der Waals surface area contributed by atoms with Crippen LogP contribution in [0.3, 0.4) is 0 Å². The fourth-order valence-corrected chi connectivity index (χ4v) is 3.05. The number of aromatic carboxylic acids is 1. The van der Waals surface area contributed by atoms with Crippen molar-refractivity contribution in [3.8, 4) is 0 Å². The summed E-state index contributed by atoms with van der Waals surface area (Å²) in [5.74, 6) is -0.854. The van der Waals surface area contributed by atoms with Crippen LogP contribution in [-0.2, 0) is 6.54 Å². The van der Waals surface area contributed by atoms with E-state index in [1.54, 1.807) is 6.07 Å². The Morgan fingerprint density at radius 3 is 2.75 bits per heavy atom. The first-order valence-corrected chi connectivity index (χ1v) is 6.38. The van der Waals surface area contributed by atoms with Crippen molar-refractivity contribution in [2.75, 3.05) is 0 Å². The number of hydrogen-bond acceptors (Lipinski definition) is 1. The predicted molar refractivity (Wildman–Crippen MR) is 65.7 cm³/mol. The molecule has 16 heavy (non-hydrogen) atoms. The van der Waals surface area contributed by atoms with Gasteiger partial charge in [0, 0.05) is 17.2 Å². The van der Waals surface area contributed by atoms with Gasteiger partial charge in [-0.05, 0) is 40.3 Å². The molecule has 0 bridgehead atoms. The molecule has 0 aromatic carbocycles. The van der Waals surface area contributed by atoms with E-state index >= 15 is 0 Å². The molecule has 1 heterocycles. The number of rotatable bonds is 3. The van der Waals surface area contributed by atoms with Crippen molar-refractivity contribution in [3.63, 3.8) is 0 Å². The highest BCUT2D eigenvalue weighted by molar-refractivity contribution is 9.10. The molecule has 0 unspecified atom stereocenters. The zero-order valence-electron chi connectivity index (χ0n) is 9.37. The summed E-state index contributed by atoms with van der Waals surface area (Å²) in [5.41, 5.74) is 0.642. The van der Waals surface area contributed by atoms with Crippen molar-refractivity contribution >= 4 is 21.9 Å². The summed E-state index contributed by atoms with van der Waals surface area (Å²) in [6.45, 7) is 3.06. The van der Waals surface area contributed by atoms with Gasteiger partial charge in [-0.15, -0.1) is 0 Å². The normalized spacial score (nSPS) is 18.9. The Hall–Kier alpha value is -0.770. The Balaban J connectivity index is 2.23. The van der Waals surface area contributed by atoms with Crippen LogP contribution in [0.15, 0.2) is 16.7 Å². The van der Waals surface area contributed by atoms with Gasteiger partial charge in [-0.25, -0.2) is 4.79 Å². The number of carboxylic acid groups (broad SMARTS) is 1. The molecule has 0 aliphatic heterocycles. The number of carbonyl (C=O) groups is 1. The molecule has 0 spiro atoms. The molecule has 88 valence electrons. The summed E-state index contributed by atoms with van der Waals surface area (Å²) in [6.07, 6.45) is 6.79. The minimum atomic E-state index is -0.854. The largest absolute Gasteiger partial charge is 0.477 e. The fraction of sp³-hybridized carbons (Fsp3) is 0.583. The molecule has 0 atom stereocenters. The molecule has 1 aliphatic rings. The van der Waals surface area contributed by atoms with E-state index in [-0.39, 0.29) is 5.41 Å². The van der Waals surface area contributed by atoms with Gasteiger partial charge in [0.2, 0.25) is 0 Å². The standard InChI is InChI=1S/C12H16BrNO2/c1-12(4-2-3-5-12)8-14-7-9(13)6-10(14)11(15)16/h6-7H,2-5,8H2,1H3,(H,15,16). The number of aromatic nitrogens is 1. The van der Waals surface area contributed by atoms with Crippen LogP contribution in [0, 0.1) is 5.41 Å². The molecule has 1 aliphatic carbocycles. The lowest BCUT2D eigenvalue weighted by Crippen LogP contribution is -2.21. The van der Waals surface area contributed by atoms with E-state index in [9.17, 15) is 4.79 Å². The molecule has 2 rings (SSSR count). The highest BCUT2D eigenvalue weighted by Gasteiger charge is 2.30. The predicted octanol–water partition coefficient (Wildman–Crippen LogP) is 3.53. The Kier molecular flexibility index (Phi) is 3.10. The van der Waals surface area contributed by atoms with Gasteiger partial charge in [0.1, 0.15) is 5.69 Å². The van der Waals surface area contributed by atoms with E-state index in [4.69, 9.17) is 5.11 Å². The Morgan fingerprint density at radius 1 is 1.56 bits per heavy atom. The quantitative estimate of drug-likeness (QED) is 0.923. The van der Waals surface area contributed by atoms with Crippen LogP contribution in [0.25, 0.3) is 0 Å². The van der Waals surface area contributed by atoms with Crippen molar-refractivity contribution in [2.24, 2.45) is 5.41 Å². The highest BCUT2D eigenvalue weighted by atomic mass is 79.9. The summed E-state index contributed by atoms with van der Waals surface area (Å²) in [5, 5.41) is 9.10. The van der Waals surface area contributed by atoms with Crippen LogP contribution >= 0.6 is 15.9 Å². The van der Waals surface area contributed by atoms with E-state index in [2.05, 4.69) is 22.9 Å². The topological polar surface area (TPSA) is 42.2 Å². The lowest BCUT2D eigenvalue weighted by atomic mass is 9.89. The van der Waals surface area contributed by atoms with Crippen LogP contribution in [0.1, 0.15) is 43.1 Å². The van der Waals surface area contributed by atoms with Gasteiger partial charge in [0.05, 0.1) is 0 Å². The van der Waals surface area contributed by atoms with Gasteiger partial charge >= 0.3 is 5.97 Å². The van der Waals surface area contributed by atoms with Gasteiger partial charge in [-0.3, -0.25) is 0 Å². The lowest BCUT2D eigenvalue weighted by molar-refractivity contribution is 0.0682. The van der Waals surface area contributed by atoms with Crippen LogP contribution in [0.5, 0.6) is 0 Å². The zero-order chi connectivity index (χ0) is 11.8. The molecule has 0 amide bonds. The second-order valence-electron chi connectivity index (χ2n) is 4.99. The number of halogens is 1. The average Bonchev–Trinajstić information content (AvgIpc) is 2.73. The lowest BCUT2D eigenvalue weighted by Gasteiger charge is -2.24. The van der Waals surface area contributed by atoms with Crippen molar-refractivity contribution in [1.29, 1.82) is 0 Å². The first-order valence-electron chi connectivity index (χ1n) is 5.59. The minimum absolute atomic E-state index is 0.267. The zero-order valence-corrected chi connectivity index (χ0v) is 11.0. The van der Waals surface area contributed by atoms with Crippen LogP contribution in [0.4, 0.5) is 0 Å². The number of hydrogen-bond donors (Lipinski definition) is 1. The van der Waals surface area contributed by atoms with Crippen LogP contribution in [0.2, 0.25) is 0 Å². The Labute approximate surface area is 104 Å². The van der Waals surface area contributed by atoms with E-state index in [1.807, 2.05) is 10.8 Å². The maximum Gasteiger partial charge on any atom is 0.352 e. The second kappa shape index (κ2) is 4.24. The molecule has 1 N–H and O–H groups in total. The van der Waals surface area contributed by atoms with Crippen molar-refractivity contribution < 1.29 is 9.90 Å². The van der Waals surface area contributed by atoms with E-state index in [0.717, 1.165) is 11.0 Å². The van der Waals surface area contributed by atoms with E-state index in [1.165, 1.54) is 25.7 Å². The summed E-state index contributed by atoms with van der Waals surface area (Å²) in [4.78, 5) is 11.1. The third-order valence-corrected chi connectivity index (χ3v) is 3.88. The molecule has 1 fully saturated rings. The molecule has 0 radical (unpaired) electrons. The second-order valence-corrected chi connectivity index (χ2v) is 5.91. The molecule has 3 nitrogen and oxygen atoms in total. The van der Waals surface area contributed by atoms with Gasteiger partial charge in [-0.1, -0.05) is 19.8 Å². The fourth-order valence-electron chi connectivity index (χ4n) is 2.58. The summed E-state index contributed by atoms with van der Waals surface area (Å²) in [6, 6.07) is 1.67. The van der Waals surface area contributed by atoms with Crippen LogP contribution < -0.4 is 0 Å². The van der Waals surface area contributed by atoms with Crippen molar-refractivity contribution in [1.82, 2.24) is 4.57 Å². The monoisotopic (exact) mass is 285 g/mol. The molecule has 1 saturated carbocycles.